The number of hydrogen-bond acceptors (Lipinski definition) is 7. The minimum atomic E-state index is -0.697. The molecule has 0 aliphatic carbocycles. The number of benzene rings is 2. The first-order valence-electron chi connectivity index (χ1n) is 12.0. The predicted octanol–water partition coefficient (Wildman–Crippen LogP) is 5.25. The van der Waals surface area contributed by atoms with E-state index in [1.165, 1.54) is 25.2 Å². The molecule has 208 valence electrons. The van der Waals surface area contributed by atoms with Crippen LogP contribution in [0.5, 0.6) is 23.0 Å². The van der Waals surface area contributed by atoms with Gasteiger partial charge >= 0.3 is 6.09 Å². The number of amidine groups is 1. The second-order valence-corrected chi connectivity index (χ2v) is 9.54. The average Bonchev–Trinajstić information content (AvgIpc) is 3.14. The third-order valence-corrected chi connectivity index (χ3v) is 5.94. The van der Waals surface area contributed by atoms with E-state index in [1.54, 1.807) is 26.0 Å². The van der Waals surface area contributed by atoms with Gasteiger partial charge in [-0.3, -0.25) is 10.2 Å². The Balaban J connectivity index is 0.00000507. The second-order valence-electron chi connectivity index (χ2n) is 9.54. The van der Waals surface area contributed by atoms with Gasteiger partial charge in [0.05, 0.1) is 32.9 Å². The van der Waals surface area contributed by atoms with Crippen molar-refractivity contribution in [1.82, 2.24) is 10.2 Å². The number of fused-ring (bicyclic) bond motifs is 1. The summed E-state index contributed by atoms with van der Waals surface area (Å²) in [6, 6.07) is 4.84. The lowest BCUT2D eigenvalue weighted by molar-refractivity contribution is 0.0962. The molecule has 0 spiro atoms. The fourth-order valence-electron chi connectivity index (χ4n) is 4.18. The molecule has 2 N–H and O–H groups in total. The molecule has 11 heteroatoms. The van der Waals surface area contributed by atoms with Crippen molar-refractivity contribution in [2.75, 3.05) is 33.9 Å². The SMILES string of the molecule is Br.CCNC(=O)Oc1c(OCC)cc(C(=O)CN2Cc3cc(OC)c(OC)c(F)c3C2=N)cc1C(C)(C)C. The molecule has 1 aliphatic heterocycles. The predicted molar refractivity (Wildman–Crippen MR) is 147 cm³/mol. The molecule has 2 aromatic rings. The minimum Gasteiger partial charge on any atom is -0.493 e. The first-order chi connectivity index (χ1) is 17.5. The zero-order chi connectivity index (χ0) is 27.5. The smallest absolute Gasteiger partial charge is 0.412 e. The summed E-state index contributed by atoms with van der Waals surface area (Å²) >= 11 is 0. The number of Topliss-reactive ketones (excluding diaryl/α,β-unsaturated/α-hetero) is 1. The molecule has 2 aromatic carbocycles. The Morgan fingerprint density at radius 2 is 1.76 bits per heavy atom. The molecule has 0 bridgehead atoms. The van der Waals surface area contributed by atoms with Crippen molar-refractivity contribution < 1.29 is 32.9 Å². The largest absolute Gasteiger partial charge is 0.493 e. The van der Waals surface area contributed by atoms with E-state index in [2.05, 4.69) is 5.32 Å². The molecule has 0 fully saturated rings. The molecule has 1 aliphatic rings. The van der Waals surface area contributed by atoms with Gasteiger partial charge in [-0.2, -0.15) is 0 Å². The van der Waals surface area contributed by atoms with Gasteiger partial charge < -0.3 is 29.2 Å². The molecule has 9 nitrogen and oxygen atoms in total. The lowest BCUT2D eigenvalue weighted by atomic mass is 9.84. The van der Waals surface area contributed by atoms with Crippen LogP contribution in [0.15, 0.2) is 18.2 Å². The number of amides is 1. The molecule has 0 saturated heterocycles. The highest BCUT2D eigenvalue weighted by Gasteiger charge is 2.33. The maximum Gasteiger partial charge on any atom is 0.412 e. The number of ether oxygens (including phenoxy) is 4. The zero-order valence-electron chi connectivity index (χ0n) is 22.7. The van der Waals surface area contributed by atoms with Crippen LogP contribution < -0.4 is 24.3 Å². The van der Waals surface area contributed by atoms with Crippen molar-refractivity contribution in [2.45, 2.75) is 46.6 Å². The van der Waals surface area contributed by atoms with E-state index in [1.807, 2.05) is 20.8 Å². The van der Waals surface area contributed by atoms with Crippen molar-refractivity contribution >= 4 is 34.7 Å². The van der Waals surface area contributed by atoms with Crippen LogP contribution in [0.25, 0.3) is 0 Å². The van der Waals surface area contributed by atoms with E-state index in [-0.39, 0.29) is 70.3 Å². The minimum absolute atomic E-state index is 0. The Hall–Kier alpha value is -3.34. The van der Waals surface area contributed by atoms with Gasteiger partial charge in [0.2, 0.25) is 0 Å². The fourth-order valence-corrected chi connectivity index (χ4v) is 4.18. The third kappa shape index (κ3) is 6.20. The van der Waals surface area contributed by atoms with Crippen molar-refractivity contribution in [1.29, 1.82) is 5.41 Å². The summed E-state index contributed by atoms with van der Waals surface area (Å²) < 4.78 is 36.8. The van der Waals surface area contributed by atoms with Crippen LogP contribution in [0.1, 0.15) is 61.7 Å². The standard InChI is InChI=1S/C27H34FN3O6.BrH/c1-8-30-26(33)37-23-17(27(3,4)5)10-15(11-20(23)36-9-2)18(32)14-31-13-16-12-19(34-6)24(35-7)22(28)21(16)25(31)29;/h10-12,29H,8-9,13-14H2,1-7H3,(H,30,33);1H. The summed E-state index contributed by atoms with van der Waals surface area (Å²) in [5.74, 6) is -0.454. The van der Waals surface area contributed by atoms with Crippen molar-refractivity contribution in [3.63, 3.8) is 0 Å². The van der Waals surface area contributed by atoms with Crippen LogP contribution in [0, 0.1) is 11.2 Å². The number of halogens is 2. The van der Waals surface area contributed by atoms with Crippen LogP contribution >= 0.6 is 17.0 Å². The molecule has 0 unspecified atom stereocenters. The zero-order valence-corrected chi connectivity index (χ0v) is 24.5. The van der Waals surface area contributed by atoms with Crippen LogP contribution in [-0.4, -0.2) is 56.5 Å². The highest BCUT2D eigenvalue weighted by Crippen LogP contribution is 2.41. The van der Waals surface area contributed by atoms with E-state index in [9.17, 15) is 9.59 Å². The lowest BCUT2D eigenvalue weighted by Gasteiger charge is -2.25. The van der Waals surface area contributed by atoms with Crippen molar-refractivity contribution in [3.05, 3.63) is 46.3 Å². The fraction of sp³-hybridized carbons (Fsp3) is 0.444. The van der Waals surface area contributed by atoms with Gasteiger partial charge in [-0.15, -0.1) is 17.0 Å². The van der Waals surface area contributed by atoms with Crippen LogP contribution in [0.2, 0.25) is 0 Å². The Bertz CT molecular complexity index is 1230. The monoisotopic (exact) mass is 595 g/mol. The number of nitrogens with one attached hydrogen (secondary N) is 2. The van der Waals surface area contributed by atoms with Crippen LogP contribution in [0.3, 0.4) is 0 Å². The number of carbonyl (C=O) groups excluding carboxylic acids is 2. The number of methoxy groups -OCH3 is 2. The van der Waals surface area contributed by atoms with E-state index in [0.717, 1.165) is 0 Å². The Morgan fingerprint density at radius 1 is 1.08 bits per heavy atom. The summed E-state index contributed by atoms with van der Waals surface area (Å²) in [7, 11) is 2.74. The molecule has 0 atom stereocenters. The maximum absolute atomic E-state index is 15.1. The van der Waals surface area contributed by atoms with Gasteiger partial charge in [0, 0.05) is 24.2 Å². The number of ketones is 1. The molecule has 0 saturated carbocycles. The topological polar surface area (TPSA) is 110 Å². The highest BCUT2D eigenvalue weighted by molar-refractivity contribution is 8.93. The second kappa shape index (κ2) is 12.5. The van der Waals surface area contributed by atoms with Crippen LogP contribution in [-0.2, 0) is 12.0 Å². The summed E-state index contributed by atoms with van der Waals surface area (Å²) in [6.07, 6.45) is -0.621. The Kier molecular flexibility index (Phi) is 10.1. The Labute approximate surface area is 232 Å². The summed E-state index contributed by atoms with van der Waals surface area (Å²) in [6.45, 7) is 10.1. The molecule has 1 amide bonds. The molecule has 1 heterocycles. The quantitative estimate of drug-likeness (QED) is 0.381. The van der Waals surface area contributed by atoms with E-state index < -0.39 is 17.3 Å². The third-order valence-electron chi connectivity index (χ3n) is 5.94. The normalized spacial score (nSPS) is 12.4. The number of carbonyl (C=O) groups is 2. The molecule has 0 aromatic heterocycles. The number of hydrogen-bond donors (Lipinski definition) is 2. The van der Waals surface area contributed by atoms with Gasteiger partial charge in [-0.05, 0) is 43.0 Å². The van der Waals surface area contributed by atoms with Gasteiger partial charge in [0.25, 0.3) is 0 Å². The number of rotatable bonds is 9. The first kappa shape index (κ1) is 30.9. The maximum atomic E-state index is 15.1. The van der Waals surface area contributed by atoms with Gasteiger partial charge in [-0.1, -0.05) is 20.8 Å². The average molecular weight is 596 g/mol. The summed E-state index contributed by atoms with van der Waals surface area (Å²) in [4.78, 5) is 27.2. The van der Waals surface area contributed by atoms with E-state index in [0.29, 0.717) is 29.8 Å². The summed E-state index contributed by atoms with van der Waals surface area (Å²) in [5, 5.41) is 11.1. The van der Waals surface area contributed by atoms with Gasteiger partial charge in [0.15, 0.2) is 34.6 Å². The molecule has 38 heavy (non-hydrogen) atoms. The molecule has 0 radical (unpaired) electrons. The molecule has 3 rings (SSSR count). The van der Waals surface area contributed by atoms with Crippen molar-refractivity contribution in [2.24, 2.45) is 0 Å². The molecular weight excluding hydrogens is 561 g/mol. The van der Waals surface area contributed by atoms with Crippen LogP contribution in [0.4, 0.5) is 9.18 Å². The van der Waals surface area contributed by atoms with E-state index >= 15 is 4.39 Å². The highest BCUT2D eigenvalue weighted by atomic mass is 79.9. The van der Waals surface area contributed by atoms with E-state index in [4.69, 9.17) is 24.4 Å². The first-order valence-corrected chi connectivity index (χ1v) is 12.0. The molecular formula is C27H35BrFN3O6. The van der Waals surface area contributed by atoms with Gasteiger partial charge in [0.1, 0.15) is 5.84 Å². The van der Waals surface area contributed by atoms with Crippen molar-refractivity contribution in [3.8, 4) is 23.0 Å². The lowest BCUT2D eigenvalue weighted by Crippen LogP contribution is -2.31. The number of nitrogens with zero attached hydrogens (tertiary/aromatic N) is 1. The summed E-state index contributed by atoms with van der Waals surface area (Å²) in [5.41, 5.74) is 1.08. The van der Waals surface area contributed by atoms with Gasteiger partial charge in [-0.25, -0.2) is 9.18 Å². The Morgan fingerprint density at radius 3 is 2.32 bits per heavy atom.